The number of ether oxygens (including phenoxy) is 1. The minimum Gasteiger partial charge on any atom is -0.497 e. The molecule has 0 bridgehead atoms. The van der Waals surface area contributed by atoms with Crippen LogP contribution in [0, 0.1) is 0 Å². The second-order valence-corrected chi connectivity index (χ2v) is 7.15. The fraction of sp³-hybridized carbons (Fsp3) is 0.125. The predicted molar refractivity (Wildman–Crippen MR) is 118 cm³/mol. The molecular weight excluding hydrogens is 376 g/mol. The Morgan fingerprint density at radius 3 is 2.70 bits per heavy atom. The van der Waals surface area contributed by atoms with E-state index < -0.39 is 0 Å². The highest BCUT2D eigenvalue weighted by molar-refractivity contribution is 6.04. The van der Waals surface area contributed by atoms with Crippen LogP contribution in [0.1, 0.15) is 15.9 Å². The van der Waals surface area contributed by atoms with Crippen molar-refractivity contribution in [3.8, 4) is 5.75 Å². The molecule has 6 heteroatoms. The zero-order valence-electron chi connectivity index (χ0n) is 16.5. The first kappa shape index (κ1) is 18.1. The number of nitrogens with zero attached hydrogens (tertiary/aromatic N) is 3. The van der Waals surface area contributed by atoms with Gasteiger partial charge in [-0.2, -0.15) is 0 Å². The molecule has 3 heterocycles. The third-order valence-corrected chi connectivity index (χ3v) is 5.29. The molecule has 1 aliphatic rings. The first-order valence-electron chi connectivity index (χ1n) is 9.79. The molecule has 0 atom stereocenters. The van der Waals surface area contributed by atoms with Crippen LogP contribution in [0.25, 0.3) is 10.9 Å². The molecule has 0 saturated carbocycles. The molecule has 1 aliphatic heterocycles. The number of rotatable bonds is 4. The van der Waals surface area contributed by atoms with Gasteiger partial charge in [-0.3, -0.25) is 4.79 Å². The topological polar surface area (TPSA) is 67.3 Å². The largest absolute Gasteiger partial charge is 0.497 e. The van der Waals surface area contributed by atoms with Gasteiger partial charge in [-0.15, -0.1) is 0 Å². The first-order chi connectivity index (χ1) is 14.7. The number of pyridine rings is 2. The molecule has 5 rings (SSSR count). The summed E-state index contributed by atoms with van der Waals surface area (Å²) in [7, 11) is 1.66. The third kappa shape index (κ3) is 3.33. The van der Waals surface area contributed by atoms with Crippen LogP contribution in [0.15, 0.2) is 72.9 Å². The molecule has 1 N–H and O–H groups in total. The lowest BCUT2D eigenvalue weighted by atomic mass is 10.1. The van der Waals surface area contributed by atoms with Crippen LogP contribution >= 0.6 is 0 Å². The summed E-state index contributed by atoms with van der Waals surface area (Å²) in [6, 6.07) is 21.1. The van der Waals surface area contributed by atoms with Crippen LogP contribution in [0.3, 0.4) is 0 Å². The summed E-state index contributed by atoms with van der Waals surface area (Å²) in [6.07, 6.45) is 2.59. The number of fused-ring (bicyclic) bond motifs is 2. The van der Waals surface area contributed by atoms with Gasteiger partial charge in [0.2, 0.25) is 0 Å². The summed E-state index contributed by atoms with van der Waals surface area (Å²) in [4.78, 5) is 23.7. The Morgan fingerprint density at radius 1 is 1.07 bits per heavy atom. The van der Waals surface area contributed by atoms with Gasteiger partial charge >= 0.3 is 0 Å². The molecule has 0 fully saturated rings. The van der Waals surface area contributed by atoms with Gasteiger partial charge in [0.1, 0.15) is 17.4 Å². The molecule has 2 aromatic carbocycles. The number of benzene rings is 2. The molecule has 0 unspecified atom stereocenters. The van der Waals surface area contributed by atoms with Gasteiger partial charge in [-0.05, 0) is 66.6 Å². The van der Waals surface area contributed by atoms with E-state index in [1.807, 2.05) is 54.6 Å². The van der Waals surface area contributed by atoms with Gasteiger partial charge in [0.15, 0.2) is 0 Å². The fourth-order valence-corrected chi connectivity index (χ4v) is 3.73. The van der Waals surface area contributed by atoms with Gasteiger partial charge in [-0.1, -0.05) is 6.07 Å². The molecule has 30 heavy (non-hydrogen) atoms. The minimum atomic E-state index is -0.182. The van der Waals surface area contributed by atoms with Gasteiger partial charge < -0.3 is 15.0 Å². The highest BCUT2D eigenvalue weighted by atomic mass is 16.5. The van der Waals surface area contributed by atoms with E-state index in [0.717, 1.165) is 41.1 Å². The molecule has 0 saturated heterocycles. The average molecular weight is 396 g/mol. The summed E-state index contributed by atoms with van der Waals surface area (Å²) in [5, 5.41) is 3.92. The van der Waals surface area contributed by atoms with Crippen LogP contribution < -0.4 is 15.0 Å². The van der Waals surface area contributed by atoms with Gasteiger partial charge in [0, 0.05) is 35.4 Å². The number of anilines is 3. The molecule has 4 aromatic rings. The van der Waals surface area contributed by atoms with E-state index in [9.17, 15) is 4.79 Å². The van der Waals surface area contributed by atoms with Gasteiger partial charge in [-0.25, -0.2) is 9.97 Å². The quantitative estimate of drug-likeness (QED) is 0.547. The summed E-state index contributed by atoms with van der Waals surface area (Å²) in [5.74, 6) is 2.11. The zero-order valence-corrected chi connectivity index (χ0v) is 16.5. The Bertz CT molecular complexity index is 1220. The number of carbonyl (C=O) groups excluding carboxylic acids is 1. The van der Waals surface area contributed by atoms with E-state index in [2.05, 4.69) is 21.3 Å². The van der Waals surface area contributed by atoms with Crippen molar-refractivity contribution in [1.82, 2.24) is 9.97 Å². The van der Waals surface area contributed by atoms with E-state index in [1.54, 1.807) is 19.4 Å². The normalized spacial score (nSPS) is 12.6. The van der Waals surface area contributed by atoms with Gasteiger partial charge in [0.25, 0.3) is 5.91 Å². The fourth-order valence-electron chi connectivity index (χ4n) is 3.73. The zero-order chi connectivity index (χ0) is 20.5. The molecule has 0 aliphatic carbocycles. The standard InChI is InChI=1S/C24H20N4O2/c1-30-20-10-7-17-14-18-11-13-28(23(18)26-21(17)15-20)19-8-5-16(6-9-19)24(29)27-22-4-2-3-12-25-22/h2-10,12,14-15H,11,13H2,1H3,(H,25,27,29). The van der Waals surface area contributed by atoms with E-state index in [4.69, 9.17) is 9.72 Å². The van der Waals surface area contributed by atoms with E-state index in [0.29, 0.717) is 11.4 Å². The van der Waals surface area contributed by atoms with Crippen molar-refractivity contribution >= 4 is 34.1 Å². The SMILES string of the molecule is COc1ccc2cc3c(nc2c1)N(c1ccc(C(=O)Nc2ccccn2)cc1)CC3. The van der Waals surface area contributed by atoms with E-state index in [1.165, 1.54) is 5.56 Å². The smallest absolute Gasteiger partial charge is 0.256 e. The number of aromatic nitrogens is 2. The number of amides is 1. The predicted octanol–water partition coefficient (Wildman–Crippen LogP) is 4.58. The van der Waals surface area contributed by atoms with Crippen LogP contribution in [-0.4, -0.2) is 29.5 Å². The Balaban J connectivity index is 1.41. The number of hydrogen-bond acceptors (Lipinski definition) is 5. The van der Waals surface area contributed by atoms with Crippen molar-refractivity contribution in [2.45, 2.75) is 6.42 Å². The third-order valence-electron chi connectivity index (χ3n) is 5.29. The lowest BCUT2D eigenvalue weighted by Gasteiger charge is -2.19. The van der Waals surface area contributed by atoms with Crippen LogP contribution in [0.4, 0.5) is 17.3 Å². The Kier molecular flexibility index (Phi) is 4.52. The molecular formula is C24H20N4O2. The summed E-state index contributed by atoms with van der Waals surface area (Å²) in [5.41, 5.74) is 3.73. The average Bonchev–Trinajstić information content (AvgIpc) is 3.20. The summed E-state index contributed by atoms with van der Waals surface area (Å²) in [6.45, 7) is 0.856. The molecule has 1 amide bonds. The summed E-state index contributed by atoms with van der Waals surface area (Å²) >= 11 is 0. The van der Waals surface area contributed by atoms with E-state index >= 15 is 0 Å². The number of hydrogen-bond donors (Lipinski definition) is 1. The Morgan fingerprint density at radius 2 is 1.93 bits per heavy atom. The maximum Gasteiger partial charge on any atom is 0.256 e. The first-order valence-corrected chi connectivity index (χ1v) is 9.79. The van der Waals surface area contributed by atoms with Crippen molar-refractivity contribution in [3.05, 3.63) is 84.1 Å². The molecule has 2 aromatic heterocycles. The minimum absolute atomic E-state index is 0.182. The second kappa shape index (κ2) is 7.48. The highest BCUT2D eigenvalue weighted by Crippen LogP contribution is 2.35. The summed E-state index contributed by atoms with van der Waals surface area (Å²) < 4.78 is 5.34. The van der Waals surface area contributed by atoms with E-state index in [-0.39, 0.29) is 5.91 Å². The maximum atomic E-state index is 12.5. The van der Waals surface area contributed by atoms with Gasteiger partial charge in [0.05, 0.1) is 12.6 Å². The van der Waals surface area contributed by atoms with Crippen molar-refractivity contribution < 1.29 is 9.53 Å². The second-order valence-electron chi connectivity index (χ2n) is 7.15. The van der Waals surface area contributed by atoms with Crippen molar-refractivity contribution in [1.29, 1.82) is 0 Å². The molecule has 0 spiro atoms. The lowest BCUT2D eigenvalue weighted by molar-refractivity contribution is 0.102. The van der Waals surface area contributed by atoms with Crippen molar-refractivity contribution in [2.24, 2.45) is 0 Å². The molecule has 6 nitrogen and oxygen atoms in total. The number of methoxy groups -OCH3 is 1. The van der Waals surface area contributed by atoms with Crippen molar-refractivity contribution in [2.75, 3.05) is 23.9 Å². The van der Waals surface area contributed by atoms with Crippen molar-refractivity contribution in [3.63, 3.8) is 0 Å². The molecule has 148 valence electrons. The monoisotopic (exact) mass is 396 g/mol. The number of carbonyl (C=O) groups is 1. The molecule has 0 radical (unpaired) electrons. The van der Waals surface area contributed by atoms with Crippen LogP contribution in [-0.2, 0) is 6.42 Å². The Labute approximate surface area is 174 Å². The lowest BCUT2D eigenvalue weighted by Crippen LogP contribution is -2.16. The van der Waals surface area contributed by atoms with Crippen LogP contribution in [0.5, 0.6) is 5.75 Å². The highest BCUT2D eigenvalue weighted by Gasteiger charge is 2.23. The maximum absolute atomic E-state index is 12.5. The Hall–Kier alpha value is -3.93. The number of nitrogens with one attached hydrogen (secondary N) is 1. The van der Waals surface area contributed by atoms with Crippen LogP contribution in [0.2, 0.25) is 0 Å².